The van der Waals surface area contributed by atoms with Crippen LogP contribution in [-0.4, -0.2) is 27.3 Å². The van der Waals surface area contributed by atoms with Crippen molar-refractivity contribution in [3.8, 4) is 0 Å². The smallest absolute Gasteiger partial charge is 0.233 e. The SMILES string of the molecule is CCCCn1c(SC(C)C(=O)NCCC(C)C)nc(C)c1C. The van der Waals surface area contributed by atoms with E-state index in [-0.39, 0.29) is 11.2 Å². The van der Waals surface area contributed by atoms with Gasteiger partial charge in [-0.2, -0.15) is 0 Å². The lowest BCUT2D eigenvalue weighted by molar-refractivity contribution is -0.120. The maximum Gasteiger partial charge on any atom is 0.233 e. The Hall–Kier alpha value is -0.970. The van der Waals surface area contributed by atoms with Crippen LogP contribution in [0.5, 0.6) is 0 Å². The third-order valence-corrected chi connectivity index (χ3v) is 4.92. The second kappa shape index (κ2) is 9.23. The van der Waals surface area contributed by atoms with E-state index in [1.807, 2.05) is 13.8 Å². The van der Waals surface area contributed by atoms with E-state index >= 15 is 0 Å². The zero-order valence-electron chi connectivity index (χ0n) is 14.9. The maximum atomic E-state index is 12.2. The summed E-state index contributed by atoms with van der Waals surface area (Å²) in [6, 6.07) is 0. The van der Waals surface area contributed by atoms with Crippen molar-refractivity contribution in [1.29, 1.82) is 0 Å². The number of imidazole rings is 1. The van der Waals surface area contributed by atoms with Crippen LogP contribution < -0.4 is 5.32 Å². The molecular formula is C17H31N3OS. The second-order valence-corrected chi connectivity index (χ2v) is 7.61. The summed E-state index contributed by atoms with van der Waals surface area (Å²) in [5.74, 6) is 0.715. The number of hydrogen-bond acceptors (Lipinski definition) is 3. The average molecular weight is 326 g/mol. The summed E-state index contributed by atoms with van der Waals surface area (Å²) in [6.45, 7) is 14.4. The minimum atomic E-state index is -0.117. The highest BCUT2D eigenvalue weighted by Gasteiger charge is 2.19. The van der Waals surface area contributed by atoms with Crippen molar-refractivity contribution in [2.75, 3.05) is 6.54 Å². The number of carbonyl (C=O) groups is 1. The average Bonchev–Trinajstić information content (AvgIpc) is 2.71. The van der Waals surface area contributed by atoms with Crippen LogP contribution in [0.2, 0.25) is 0 Å². The molecule has 1 atom stereocenters. The van der Waals surface area contributed by atoms with Crippen LogP contribution in [0.25, 0.3) is 0 Å². The van der Waals surface area contributed by atoms with Crippen LogP contribution in [0.15, 0.2) is 5.16 Å². The predicted molar refractivity (Wildman–Crippen MR) is 94.4 cm³/mol. The molecule has 1 aromatic rings. The summed E-state index contributed by atoms with van der Waals surface area (Å²) < 4.78 is 2.25. The van der Waals surface area contributed by atoms with Gasteiger partial charge in [0, 0.05) is 18.8 Å². The molecule has 1 amide bonds. The number of unbranched alkanes of at least 4 members (excludes halogenated alkanes) is 1. The molecule has 0 fully saturated rings. The van der Waals surface area contributed by atoms with E-state index in [1.165, 1.54) is 5.69 Å². The lowest BCUT2D eigenvalue weighted by Crippen LogP contribution is -2.32. The zero-order chi connectivity index (χ0) is 16.7. The Morgan fingerprint density at radius 1 is 1.32 bits per heavy atom. The maximum absolute atomic E-state index is 12.2. The van der Waals surface area contributed by atoms with Gasteiger partial charge in [-0.15, -0.1) is 0 Å². The Balaban J connectivity index is 2.65. The molecule has 0 bridgehead atoms. The number of aryl methyl sites for hydroxylation is 1. The number of amides is 1. The quantitative estimate of drug-likeness (QED) is 0.699. The van der Waals surface area contributed by atoms with Crippen LogP contribution in [0.3, 0.4) is 0 Å². The highest BCUT2D eigenvalue weighted by Crippen LogP contribution is 2.25. The van der Waals surface area contributed by atoms with Gasteiger partial charge >= 0.3 is 0 Å². The normalized spacial score (nSPS) is 12.7. The highest BCUT2D eigenvalue weighted by molar-refractivity contribution is 8.00. The first kappa shape index (κ1) is 19.1. The van der Waals surface area contributed by atoms with Crippen LogP contribution in [0, 0.1) is 19.8 Å². The van der Waals surface area contributed by atoms with Gasteiger partial charge in [-0.25, -0.2) is 4.98 Å². The number of hydrogen-bond donors (Lipinski definition) is 1. The van der Waals surface area contributed by atoms with E-state index in [1.54, 1.807) is 11.8 Å². The van der Waals surface area contributed by atoms with E-state index in [4.69, 9.17) is 0 Å². The summed E-state index contributed by atoms with van der Waals surface area (Å²) in [4.78, 5) is 16.8. The molecule has 1 heterocycles. The van der Waals surface area contributed by atoms with E-state index in [0.717, 1.165) is 43.2 Å². The minimum Gasteiger partial charge on any atom is -0.355 e. The van der Waals surface area contributed by atoms with Crippen LogP contribution in [0.4, 0.5) is 0 Å². The van der Waals surface area contributed by atoms with Gasteiger partial charge in [0.1, 0.15) is 0 Å². The van der Waals surface area contributed by atoms with Gasteiger partial charge in [-0.3, -0.25) is 4.79 Å². The number of carbonyl (C=O) groups excluding carboxylic acids is 1. The van der Waals surface area contributed by atoms with Crippen LogP contribution in [-0.2, 0) is 11.3 Å². The molecule has 0 aliphatic rings. The third kappa shape index (κ3) is 5.67. The zero-order valence-corrected chi connectivity index (χ0v) is 15.7. The van der Waals surface area contributed by atoms with Crippen molar-refractivity contribution in [2.45, 2.75) is 77.8 Å². The third-order valence-electron chi connectivity index (χ3n) is 3.83. The van der Waals surface area contributed by atoms with E-state index < -0.39 is 0 Å². The molecule has 0 saturated carbocycles. The Morgan fingerprint density at radius 3 is 2.59 bits per heavy atom. The number of rotatable bonds is 9. The summed E-state index contributed by atoms with van der Waals surface area (Å²) in [5, 5.41) is 3.87. The van der Waals surface area contributed by atoms with Crippen molar-refractivity contribution < 1.29 is 4.79 Å². The lowest BCUT2D eigenvalue weighted by atomic mass is 10.1. The molecule has 1 unspecified atom stereocenters. The molecule has 0 saturated heterocycles. The first-order valence-corrected chi connectivity index (χ1v) is 9.22. The first-order valence-electron chi connectivity index (χ1n) is 8.34. The van der Waals surface area contributed by atoms with Gasteiger partial charge in [0.15, 0.2) is 5.16 Å². The summed E-state index contributed by atoms with van der Waals surface area (Å²) in [5.41, 5.74) is 2.27. The van der Waals surface area contributed by atoms with E-state index in [9.17, 15) is 4.79 Å². The monoisotopic (exact) mass is 325 g/mol. The molecule has 126 valence electrons. The number of thioether (sulfide) groups is 1. The standard InChI is InChI=1S/C17H31N3OS/c1-7-8-11-20-14(5)13(4)19-17(20)22-15(6)16(21)18-10-9-12(2)3/h12,15H,7-11H2,1-6H3,(H,18,21). The van der Waals surface area contributed by atoms with Gasteiger partial charge in [0.25, 0.3) is 0 Å². The van der Waals surface area contributed by atoms with Gasteiger partial charge in [0.2, 0.25) is 5.91 Å². The van der Waals surface area contributed by atoms with Crippen LogP contribution >= 0.6 is 11.8 Å². The number of aromatic nitrogens is 2. The van der Waals surface area contributed by atoms with Gasteiger partial charge in [0.05, 0.1) is 10.9 Å². The first-order chi connectivity index (χ1) is 10.4. The molecule has 1 N–H and O–H groups in total. The fourth-order valence-electron chi connectivity index (χ4n) is 2.13. The molecule has 0 aliphatic heterocycles. The summed E-state index contributed by atoms with van der Waals surface area (Å²) in [7, 11) is 0. The van der Waals surface area contributed by atoms with Crippen molar-refractivity contribution >= 4 is 17.7 Å². The largest absolute Gasteiger partial charge is 0.355 e. The van der Waals surface area contributed by atoms with Crippen LogP contribution in [0.1, 0.15) is 58.3 Å². The number of nitrogens with one attached hydrogen (secondary N) is 1. The molecule has 1 rings (SSSR count). The summed E-state index contributed by atoms with van der Waals surface area (Å²) in [6.07, 6.45) is 3.32. The fraction of sp³-hybridized carbons (Fsp3) is 0.765. The van der Waals surface area contributed by atoms with Gasteiger partial charge in [-0.05, 0) is 39.5 Å². The Morgan fingerprint density at radius 2 is 2.00 bits per heavy atom. The van der Waals surface area contributed by atoms with Crippen molar-refractivity contribution in [2.24, 2.45) is 5.92 Å². The van der Waals surface area contributed by atoms with Crippen molar-refractivity contribution in [1.82, 2.24) is 14.9 Å². The van der Waals surface area contributed by atoms with Gasteiger partial charge in [-0.1, -0.05) is 39.0 Å². The molecule has 0 aliphatic carbocycles. The van der Waals surface area contributed by atoms with Gasteiger partial charge < -0.3 is 9.88 Å². The van der Waals surface area contributed by atoms with E-state index in [2.05, 4.69) is 42.6 Å². The Kier molecular flexibility index (Phi) is 8.01. The fourth-order valence-corrected chi connectivity index (χ4v) is 3.18. The predicted octanol–water partition coefficient (Wildman–Crippen LogP) is 3.94. The topological polar surface area (TPSA) is 46.9 Å². The molecule has 22 heavy (non-hydrogen) atoms. The minimum absolute atomic E-state index is 0.103. The lowest BCUT2D eigenvalue weighted by Gasteiger charge is -2.14. The molecule has 5 heteroatoms. The molecule has 0 spiro atoms. The number of nitrogens with zero attached hydrogens (tertiary/aromatic N) is 2. The van der Waals surface area contributed by atoms with Crippen molar-refractivity contribution in [3.05, 3.63) is 11.4 Å². The summed E-state index contributed by atoms with van der Waals surface area (Å²) >= 11 is 1.56. The molecule has 1 aromatic heterocycles. The molecule has 4 nitrogen and oxygen atoms in total. The highest BCUT2D eigenvalue weighted by atomic mass is 32.2. The second-order valence-electron chi connectivity index (χ2n) is 6.30. The molecule has 0 radical (unpaired) electrons. The van der Waals surface area contributed by atoms with Crippen molar-refractivity contribution in [3.63, 3.8) is 0 Å². The molecular weight excluding hydrogens is 294 g/mol. The Labute approximate surface area is 139 Å². The van der Waals surface area contributed by atoms with E-state index in [0.29, 0.717) is 5.92 Å². The Bertz CT molecular complexity index is 482. The molecule has 0 aromatic carbocycles.